The Bertz CT molecular complexity index is 1730. The van der Waals surface area contributed by atoms with Crippen molar-refractivity contribution in [3.8, 4) is 0 Å². The van der Waals surface area contributed by atoms with Crippen molar-refractivity contribution in [2.24, 2.45) is 0 Å². The molecule has 4 aromatic rings. The zero-order valence-corrected chi connectivity index (χ0v) is 23.8. The molecular weight excluding hydrogens is 591 g/mol. The van der Waals surface area contributed by atoms with E-state index in [1.807, 2.05) is 0 Å². The summed E-state index contributed by atoms with van der Waals surface area (Å²) in [7, 11) is -3.98. The summed E-state index contributed by atoms with van der Waals surface area (Å²) < 4.78 is 73.9. The molecule has 2 heterocycles. The van der Waals surface area contributed by atoms with Crippen molar-refractivity contribution >= 4 is 38.8 Å². The number of carboxylic acids is 1. The highest BCUT2D eigenvalue weighted by Gasteiger charge is 2.42. The summed E-state index contributed by atoms with van der Waals surface area (Å²) in [5.74, 6) is -3.56. The number of hydrogen-bond acceptors (Lipinski definition) is 8. The molecule has 15 heteroatoms. The van der Waals surface area contributed by atoms with Gasteiger partial charge < -0.3 is 19.7 Å². The number of carboxylic acid groups (broad SMARTS) is 1. The molecule has 228 valence electrons. The first-order chi connectivity index (χ1) is 20.1. The molecule has 3 N–H and O–H groups in total. The number of imidazole rings is 1. The van der Waals surface area contributed by atoms with E-state index in [-0.39, 0.29) is 34.0 Å². The molecule has 0 amide bonds. The van der Waals surface area contributed by atoms with Gasteiger partial charge in [-0.2, -0.15) is 13.2 Å². The van der Waals surface area contributed by atoms with Crippen LogP contribution in [0.3, 0.4) is 0 Å². The molecule has 2 aromatic carbocycles. The third-order valence-corrected chi connectivity index (χ3v) is 7.89. The monoisotopic (exact) mass is 619 g/mol. The first-order valence-electron chi connectivity index (χ1n) is 12.9. The van der Waals surface area contributed by atoms with E-state index in [2.05, 4.69) is 20.0 Å². The van der Waals surface area contributed by atoms with Crippen molar-refractivity contribution < 1.29 is 41.0 Å². The highest BCUT2D eigenvalue weighted by molar-refractivity contribution is 7.92. The predicted octanol–water partition coefficient (Wildman–Crippen LogP) is 4.54. The molecule has 0 saturated carbocycles. The molecule has 0 aliphatic heterocycles. The van der Waals surface area contributed by atoms with Gasteiger partial charge in [-0.3, -0.25) is 4.72 Å². The normalized spacial score (nSPS) is 13.0. The number of rotatable bonds is 12. The van der Waals surface area contributed by atoms with E-state index in [9.17, 15) is 31.2 Å². The number of sulfonamides is 1. The predicted molar refractivity (Wildman–Crippen MR) is 150 cm³/mol. The number of aromatic carboxylic acids is 1. The molecular formula is C28H28F3N5O6S. The number of nitrogens with zero attached hydrogens (tertiary/aromatic N) is 3. The minimum Gasteiger partial charge on any atom is -0.477 e. The molecule has 0 bridgehead atoms. The Morgan fingerprint density at radius 3 is 2.44 bits per heavy atom. The van der Waals surface area contributed by atoms with Gasteiger partial charge in [-0.1, -0.05) is 30.3 Å². The molecule has 2 aromatic heterocycles. The van der Waals surface area contributed by atoms with Gasteiger partial charge in [0.15, 0.2) is 11.3 Å². The van der Waals surface area contributed by atoms with Crippen LogP contribution in [0.1, 0.15) is 42.4 Å². The van der Waals surface area contributed by atoms with E-state index in [0.717, 1.165) is 0 Å². The number of aryl methyl sites for hydroxylation is 1. The molecule has 1 atom stereocenters. The average molecular weight is 620 g/mol. The Labute approximate surface area is 244 Å². The van der Waals surface area contributed by atoms with Gasteiger partial charge in [0.1, 0.15) is 6.10 Å². The molecule has 1 unspecified atom stereocenters. The van der Waals surface area contributed by atoms with Gasteiger partial charge in [-0.05, 0) is 62.2 Å². The Morgan fingerprint density at radius 2 is 1.77 bits per heavy atom. The summed E-state index contributed by atoms with van der Waals surface area (Å²) in [6.45, 7) is 3.78. The summed E-state index contributed by atoms with van der Waals surface area (Å²) in [5, 5.41) is 12.3. The molecule has 0 saturated heterocycles. The second kappa shape index (κ2) is 12.4. The Hall–Kier alpha value is -4.50. The molecule has 0 fully saturated rings. The highest BCUT2D eigenvalue weighted by Crippen LogP contribution is 2.27. The van der Waals surface area contributed by atoms with Crippen LogP contribution in [0, 0.1) is 0 Å². The molecule has 0 spiro atoms. The standard InChI is InChI=1S/C28H28F3N5O6S/c1-27(2,13-14-36-17-32-24-22(36)12-11-21(34-24)25(37)38)33-16-23(42-26(39)28(29,30)31)18-7-6-8-19(15-18)35-43(40,41)20-9-4-3-5-10-20/h3-12,15,17,23,33,35H,13-14,16H2,1-2H3,(H,37,38). The summed E-state index contributed by atoms with van der Waals surface area (Å²) in [4.78, 5) is 31.1. The number of alkyl halides is 3. The summed E-state index contributed by atoms with van der Waals surface area (Å²) in [6.07, 6.45) is -4.70. The van der Waals surface area contributed by atoms with E-state index < -0.39 is 39.8 Å². The van der Waals surface area contributed by atoms with Crippen LogP contribution in [0.5, 0.6) is 0 Å². The Kier molecular flexibility index (Phi) is 9.06. The van der Waals surface area contributed by atoms with Gasteiger partial charge in [0.25, 0.3) is 10.0 Å². The first kappa shape index (κ1) is 31.4. The maximum Gasteiger partial charge on any atom is 0.490 e. The number of halogens is 3. The van der Waals surface area contributed by atoms with Crippen LogP contribution in [0.15, 0.2) is 78.0 Å². The van der Waals surface area contributed by atoms with Crippen molar-refractivity contribution in [1.29, 1.82) is 0 Å². The third kappa shape index (κ3) is 8.08. The average Bonchev–Trinajstić information content (AvgIpc) is 3.36. The maximum atomic E-state index is 13.1. The number of esters is 1. The molecule has 0 radical (unpaired) electrons. The number of nitrogens with one attached hydrogen (secondary N) is 2. The third-order valence-electron chi connectivity index (χ3n) is 6.49. The fourth-order valence-electron chi connectivity index (χ4n) is 4.14. The summed E-state index contributed by atoms with van der Waals surface area (Å²) in [5.41, 5.74) is 0.229. The molecule has 0 aliphatic carbocycles. The van der Waals surface area contributed by atoms with Crippen LogP contribution in [0.25, 0.3) is 11.2 Å². The Morgan fingerprint density at radius 1 is 1.05 bits per heavy atom. The lowest BCUT2D eigenvalue weighted by Crippen LogP contribution is -2.43. The van der Waals surface area contributed by atoms with Crippen LogP contribution in [-0.2, 0) is 26.1 Å². The van der Waals surface area contributed by atoms with Crippen molar-refractivity contribution in [3.63, 3.8) is 0 Å². The zero-order valence-electron chi connectivity index (χ0n) is 23.0. The van der Waals surface area contributed by atoms with E-state index in [1.54, 1.807) is 42.7 Å². The van der Waals surface area contributed by atoms with Crippen molar-refractivity contribution in [1.82, 2.24) is 19.9 Å². The Balaban J connectivity index is 1.49. The van der Waals surface area contributed by atoms with E-state index >= 15 is 0 Å². The topological polar surface area (TPSA) is 153 Å². The van der Waals surface area contributed by atoms with Crippen LogP contribution in [0.2, 0.25) is 0 Å². The SMILES string of the molecule is CC(C)(CCn1cnc2nc(C(=O)O)ccc21)NCC(OC(=O)C(F)(F)F)c1cccc(NS(=O)(=O)c2ccccc2)c1. The van der Waals surface area contributed by atoms with Gasteiger partial charge in [0.05, 0.1) is 16.7 Å². The second-order valence-corrected chi connectivity index (χ2v) is 11.9. The number of aromatic nitrogens is 3. The largest absolute Gasteiger partial charge is 0.490 e. The lowest BCUT2D eigenvalue weighted by molar-refractivity contribution is -0.205. The zero-order chi connectivity index (χ0) is 31.4. The smallest absolute Gasteiger partial charge is 0.477 e. The lowest BCUT2D eigenvalue weighted by atomic mass is 9.99. The molecule has 0 aliphatic rings. The van der Waals surface area contributed by atoms with Crippen LogP contribution >= 0.6 is 0 Å². The van der Waals surface area contributed by atoms with Crippen LogP contribution < -0.4 is 10.0 Å². The molecule has 4 rings (SSSR count). The van der Waals surface area contributed by atoms with Crippen molar-refractivity contribution in [2.75, 3.05) is 11.3 Å². The molecule has 43 heavy (non-hydrogen) atoms. The van der Waals surface area contributed by atoms with Crippen molar-refractivity contribution in [2.45, 2.75) is 49.5 Å². The minimum atomic E-state index is -5.24. The highest BCUT2D eigenvalue weighted by atomic mass is 32.2. The van der Waals surface area contributed by atoms with Gasteiger partial charge in [0.2, 0.25) is 0 Å². The number of hydrogen-bond donors (Lipinski definition) is 3. The minimum absolute atomic E-state index is 0.00681. The number of carbonyl (C=O) groups excluding carboxylic acids is 1. The summed E-state index contributed by atoms with van der Waals surface area (Å²) in [6, 6.07) is 16.1. The van der Waals surface area contributed by atoms with Gasteiger partial charge in [-0.15, -0.1) is 0 Å². The lowest BCUT2D eigenvalue weighted by Gasteiger charge is -2.30. The number of benzene rings is 2. The second-order valence-electron chi connectivity index (χ2n) is 10.2. The number of anilines is 1. The number of pyridine rings is 1. The van der Waals surface area contributed by atoms with E-state index in [4.69, 9.17) is 9.84 Å². The van der Waals surface area contributed by atoms with Crippen molar-refractivity contribution in [3.05, 3.63) is 84.3 Å². The fraction of sp³-hybridized carbons (Fsp3) is 0.286. The fourth-order valence-corrected chi connectivity index (χ4v) is 5.21. The number of carbonyl (C=O) groups is 2. The summed E-state index contributed by atoms with van der Waals surface area (Å²) >= 11 is 0. The first-order valence-corrected chi connectivity index (χ1v) is 14.4. The number of fused-ring (bicyclic) bond motifs is 1. The number of ether oxygens (including phenoxy) is 1. The van der Waals surface area contributed by atoms with Gasteiger partial charge in [-0.25, -0.2) is 28.0 Å². The quantitative estimate of drug-likeness (QED) is 0.194. The molecule has 11 nitrogen and oxygen atoms in total. The van der Waals surface area contributed by atoms with Crippen LogP contribution in [0.4, 0.5) is 18.9 Å². The maximum absolute atomic E-state index is 13.1. The van der Waals surface area contributed by atoms with Crippen LogP contribution in [-0.4, -0.2) is 58.3 Å². The van der Waals surface area contributed by atoms with Gasteiger partial charge >= 0.3 is 18.1 Å². The van der Waals surface area contributed by atoms with E-state index in [1.165, 1.54) is 48.8 Å². The van der Waals surface area contributed by atoms with E-state index in [0.29, 0.717) is 18.5 Å². The van der Waals surface area contributed by atoms with Gasteiger partial charge in [0, 0.05) is 24.3 Å².